The average Bonchev–Trinajstić information content (AvgIpc) is 2.30. The number of halogens is 1. The number of nitrogens with one attached hydrogen (secondary N) is 1. The zero-order chi connectivity index (χ0) is 15.6. The summed E-state index contributed by atoms with van der Waals surface area (Å²) in [6, 6.07) is 4.39. The highest BCUT2D eigenvalue weighted by molar-refractivity contribution is 7.89. The number of methoxy groups -OCH3 is 1. The van der Waals surface area contributed by atoms with Crippen molar-refractivity contribution in [1.82, 2.24) is 0 Å². The zero-order valence-electron chi connectivity index (χ0n) is 12.1. The molecule has 0 heterocycles. The topological polar surface area (TPSA) is 81.4 Å². The van der Waals surface area contributed by atoms with Gasteiger partial charge in [0.2, 0.25) is 10.0 Å². The largest absolute Gasteiger partial charge is 0.381 e. The number of hydrogen-bond donors (Lipinski definition) is 2. The molecule has 0 radical (unpaired) electrons. The molecular weight excluding hydrogens is 300 g/mol. The van der Waals surface area contributed by atoms with Crippen LogP contribution >= 0.6 is 11.6 Å². The van der Waals surface area contributed by atoms with Crippen LogP contribution in [0.3, 0.4) is 0 Å². The third-order valence-corrected chi connectivity index (χ3v) is 4.26. The van der Waals surface area contributed by atoms with Crippen LogP contribution in [-0.4, -0.2) is 27.2 Å². The van der Waals surface area contributed by atoms with E-state index < -0.39 is 10.0 Å². The van der Waals surface area contributed by atoms with Crippen LogP contribution in [0.1, 0.15) is 27.2 Å². The van der Waals surface area contributed by atoms with Crippen molar-refractivity contribution in [1.29, 1.82) is 0 Å². The molecule has 0 saturated carbocycles. The van der Waals surface area contributed by atoms with Gasteiger partial charge in [0.05, 0.1) is 21.2 Å². The molecule has 1 unspecified atom stereocenters. The van der Waals surface area contributed by atoms with Gasteiger partial charge in [0.1, 0.15) is 0 Å². The Morgan fingerprint density at radius 3 is 2.55 bits per heavy atom. The first-order valence-corrected chi connectivity index (χ1v) is 8.11. The highest BCUT2D eigenvalue weighted by atomic mass is 35.5. The Morgan fingerprint density at radius 1 is 1.45 bits per heavy atom. The van der Waals surface area contributed by atoms with Crippen molar-refractivity contribution in [2.75, 3.05) is 12.4 Å². The van der Waals surface area contributed by atoms with E-state index in [1.165, 1.54) is 18.2 Å². The minimum absolute atomic E-state index is 0.0302. The van der Waals surface area contributed by atoms with E-state index in [2.05, 4.69) is 5.32 Å². The quantitative estimate of drug-likeness (QED) is 0.844. The first-order valence-electron chi connectivity index (χ1n) is 6.19. The Labute approximate surface area is 125 Å². The number of anilines is 1. The minimum Gasteiger partial charge on any atom is -0.381 e. The van der Waals surface area contributed by atoms with Gasteiger partial charge in [-0.2, -0.15) is 0 Å². The third-order valence-electron chi connectivity index (χ3n) is 3.02. The standard InChI is InChI=1S/C13H21ClN2O3S/c1-9(8-13(2,3)19-4)16-12-7-10(20(15,17)18)5-6-11(12)14/h5-7,9,16H,8H2,1-4H3,(H2,15,17,18). The first kappa shape index (κ1) is 17.2. The molecule has 7 heteroatoms. The van der Waals surface area contributed by atoms with Gasteiger partial charge in [-0.05, 0) is 45.4 Å². The van der Waals surface area contributed by atoms with Crippen LogP contribution < -0.4 is 10.5 Å². The maximum absolute atomic E-state index is 11.3. The Balaban J connectivity index is 2.92. The lowest BCUT2D eigenvalue weighted by Crippen LogP contribution is -2.31. The molecule has 0 aromatic heterocycles. The molecule has 1 aromatic rings. The lowest BCUT2D eigenvalue weighted by Gasteiger charge is -2.28. The second-order valence-corrected chi connectivity index (χ2v) is 7.37. The molecular formula is C13H21ClN2O3S. The van der Waals surface area contributed by atoms with E-state index in [-0.39, 0.29) is 16.5 Å². The molecule has 5 nitrogen and oxygen atoms in total. The summed E-state index contributed by atoms with van der Waals surface area (Å²) in [5.74, 6) is 0. The maximum Gasteiger partial charge on any atom is 0.238 e. The SMILES string of the molecule is COC(C)(C)CC(C)Nc1cc(S(N)(=O)=O)ccc1Cl. The predicted molar refractivity (Wildman–Crippen MR) is 81.6 cm³/mol. The Kier molecular flexibility index (Phi) is 5.43. The molecule has 3 N–H and O–H groups in total. The molecule has 0 aliphatic carbocycles. The monoisotopic (exact) mass is 320 g/mol. The number of benzene rings is 1. The Morgan fingerprint density at radius 2 is 2.05 bits per heavy atom. The summed E-state index contributed by atoms with van der Waals surface area (Å²) in [4.78, 5) is 0.0302. The van der Waals surface area contributed by atoms with Crippen LogP contribution in [0.4, 0.5) is 5.69 Å². The highest BCUT2D eigenvalue weighted by Crippen LogP contribution is 2.27. The van der Waals surface area contributed by atoms with Crippen molar-refractivity contribution in [2.45, 2.75) is 43.7 Å². The number of nitrogens with two attached hydrogens (primary N) is 1. The minimum atomic E-state index is -3.74. The van der Waals surface area contributed by atoms with Crippen LogP contribution in [0, 0.1) is 0 Å². The second-order valence-electron chi connectivity index (χ2n) is 5.40. The van der Waals surface area contributed by atoms with Crippen molar-refractivity contribution in [2.24, 2.45) is 5.14 Å². The fourth-order valence-corrected chi connectivity index (χ4v) is 2.64. The normalized spacial score (nSPS) is 14.1. The lowest BCUT2D eigenvalue weighted by atomic mass is 10.00. The molecule has 0 bridgehead atoms. The van der Waals surface area contributed by atoms with Gasteiger partial charge in [0, 0.05) is 13.2 Å². The van der Waals surface area contributed by atoms with Gasteiger partial charge in [-0.1, -0.05) is 11.6 Å². The van der Waals surface area contributed by atoms with Crippen molar-refractivity contribution in [3.63, 3.8) is 0 Å². The summed E-state index contributed by atoms with van der Waals surface area (Å²) in [5.41, 5.74) is 0.258. The molecule has 0 saturated heterocycles. The van der Waals surface area contributed by atoms with Crippen LogP contribution in [0.5, 0.6) is 0 Å². The molecule has 0 spiro atoms. The van der Waals surface area contributed by atoms with Crippen LogP contribution in [0.25, 0.3) is 0 Å². The van der Waals surface area contributed by atoms with Gasteiger partial charge in [-0.15, -0.1) is 0 Å². The van der Waals surface area contributed by atoms with Crippen molar-refractivity contribution < 1.29 is 13.2 Å². The molecule has 114 valence electrons. The van der Waals surface area contributed by atoms with E-state index in [0.29, 0.717) is 10.7 Å². The lowest BCUT2D eigenvalue weighted by molar-refractivity contribution is 0.0128. The van der Waals surface area contributed by atoms with E-state index in [0.717, 1.165) is 6.42 Å². The predicted octanol–water partition coefficient (Wildman–Crippen LogP) is 2.60. The van der Waals surface area contributed by atoms with Gasteiger partial charge < -0.3 is 10.1 Å². The molecule has 1 rings (SSSR count). The number of sulfonamides is 1. The zero-order valence-corrected chi connectivity index (χ0v) is 13.7. The van der Waals surface area contributed by atoms with E-state index in [1.54, 1.807) is 7.11 Å². The van der Waals surface area contributed by atoms with Gasteiger partial charge in [-0.25, -0.2) is 13.6 Å². The van der Waals surface area contributed by atoms with Gasteiger partial charge >= 0.3 is 0 Å². The van der Waals surface area contributed by atoms with E-state index >= 15 is 0 Å². The summed E-state index contributed by atoms with van der Waals surface area (Å²) >= 11 is 6.07. The molecule has 0 aliphatic rings. The summed E-state index contributed by atoms with van der Waals surface area (Å²) < 4.78 is 28.1. The van der Waals surface area contributed by atoms with Crippen molar-refractivity contribution in [3.05, 3.63) is 23.2 Å². The van der Waals surface area contributed by atoms with E-state index in [9.17, 15) is 8.42 Å². The summed E-state index contributed by atoms with van der Waals surface area (Å²) in [6.07, 6.45) is 0.736. The maximum atomic E-state index is 11.3. The van der Waals surface area contributed by atoms with Crippen LogP contribution in [0.15, 0.2) is 23.1 Å². The molecule has 1 aromatic carbocycles. The summed E-state index contributed by atoms with van der Waals surface area (Å²) in [6.45, 7) is 5.93. The summed E-state index contributed by atoms with van der Waals surface area (Å²) in [5, 5.41) is 8.74. The van der Waals surface area contributed by atoms with Crippen LogP contribution in [-0.2, 0) is 14.8 Å². The fraction of sp³-hybridized carbons (Fsp3) is 0.538. The molecule has 0 aliphatic heterocycles. The number of rotatable bonds is 6. The molecule has 0 amide bonds. The number of primary sulfonamides is 1. The molecule has 0 fully saturated rings. The molecule has 1 atom stereocenters. The smallest absolute Gasteiger partial charge is 0.238 e. The van der Waals surface area contributed by atoms with Crippen LogP contribution in [0.2, 0.25) is 5.02 Å². The van der Waals surface area contributed by atoms with Crippen molar-refractivity contribution >= 4 is 27.3 Å². The van der Waals surface area contributed by atoms with Gasteiger partial charge in [-0.3, -0.25) is 0 Å². The van der Waals surface area contributed by atoms with E-state index in [4.69, 9.17) is 21.5 Å². The highest BCUT2D eigenvalue weighted by Gasteiger charge is 2.21. The third kappa shape index (κ3) is 4.94. The first-order chi connectivity index (χ1) is 9.05. The van der Waals surface area contributed by atoms with Gasteiger partial charge in [0.15, 0.2) is 0 Å². The van der Waals surface area contributed by atoms with Gasteiger partial charge in [0.25, 0.3) is 0 Å². The van der Waals surface area contributed by atoms with Crippen molar-refractivity contribution in [3.8, 4) is 0 Å². The fourth-order valence-electron chi connectivity index (χ4n) is 1.93. The Hall–Kier alpha value is -0.820. The average molecular weight is 321 g/mol. The Bertz CT molecular complexity index is 573. The number of hydrogen-bond acceptors (Lipinski definition) is 4. The van der Waals surface area contributed by atoms with E-state index in [1.807, 2.05) is 20.8 Å². The molecule has 20 heavy (non-hydrogen) atoms. The second kappa shape index (κ2) is 6.30. The summed E-state index contributed by atoms with van der Waals surface area (Å²) in [7, 11) is -2.09. The number of ether oxygens (including phenoxy) is 1.